The minimum Gasteiger partial charge on any atom is -0.481 e. The van der Waals surface area contributed by atoms with Crippen molar-refractivity contribution in [1.82, 2.24) is 4.90 Å². The summed E-state index contributed by atoms with van der Waals surface area (Å²) in [5.41, 5.74) is 0. The van der Waals surface area contributed by atoms with Crippen molar-refractivity contribution in [2.75, 3.05) is 13.1 Å². The van der Waals surface area contributed by atoms with E-state index in [4.69, 9.17) is 0 Å². The number of carbonyl (C=O) groups excluding carboxylic acids is 1. The maximum absolute atomic E-state index is 12.7. The first-order chi connectivity index (χ1) is 10.1. The maximum atomic E-state index is 12.7. The van der Waals surface area contributed by atoms with Gasteiger partial charge in [-0.25, -0.2) is 0 Å². The first-order valence-electron chi connectivity index (χ1n) is 8.65. The molecule has 1 aliphatic heterocycles. The van der Waals surface area contributed by atoms with Crippen LogP contribution in [0.15, 0.2) is 0 Å². The number of likely N-dealkylation sites (tertiary alicyclic amines) is 1. The van der Waals surface area contributed by atoms with E-state index in [0.29, 0.717) is 6.42 Å². The molecule has 4 nitrogen and oxygen atoms in total. The lowest BCUT2D eigenvalue weighted by Gasteiger charge is -2.32. The predicted molar refractivity (Wildman–Crippen MR) is 81.9 cm³/mol. The summed E-state index contributed by atoms with van der Waals surface area (Å²) in [6.45, 7) is 3.86. The van der Waals surface area contributed by atoms with Crippen LogP contribution in [-0.4, -0.2) is 35.0 Å². The normalized spacial score (nSPS) is 30.7. The van der Waals surface area contributed by atoms with Gasteiger partial charge < -0.3 is 10.0 Å². The van der Waals surface area contributed by atoms with Crippen molar-refractivity contribution in [1.29, 1.82) is 0 Å². The fourth-order valence-corrected chi connectivity index (χ4v) is 4.04. The van der Waals surface area contributed by atoms with Crippen molar-refractivity contribution in [2.24, 2.45) is 17.8 Å². The molecule has 1 saturated carbocycles. The molecule has 0 aromatic heterocycles. The van der Waals surface area contributed by atoms with Crippen molar-refractivity contribution in [3.05, 3.63) is 0 Å². The number of amides is 1. The zero-order chi connectivity index (χ0) is 15.2. The third kappa shape index (κ3) is 4.21. The molecule has 3 atom stereocenters. The molecule has 3 unspecified atom stereocenters. The molecule has 0 spiro atoms. The first kappa shape index (κ1) is 16.3. The van der Waals surface area contributed by atoms with Crippen LogP contribution in [0.1, 0.15) is 64.7 Å². The Hall–Kier alpha value is -1.06. The second-order valence-electron chi connectivity index (χ2n) is 6.75. The minimum atomic E-state index is -0.785. The Bertz CT molecular complexity index is 369. The van der Waals surface area contributed by atoms with Gasteiger partial charge in [-0.05, 0) is 38.0 Å². The molecule has 4 heteroatoms. The molecule has 0 aromatic rings. The van der Waals surface area contributed by atoms with Gasteiger partial charge in [-0.3, -0.25) is 9.59 Å². The largest absolute Gasteiger partial charge is 0.481 e. The van der Waals surface area contributed by atoms with E-state index in [2.05, 4.69) is 6.92 Å². The molecule has 120 valence electrons. The molecule has 1 saturated heterocycles. The van der Waals surface area contributed by atoms with E-state index in [-0.39, 0.29) is 11.8 Å². The molecular weight excluding hydrogens is 266 g/mol. The summed E-state index contributed by atoms with van der Waals surface area (Å²) in [6.07, 6.45) is 9.19. The molecule has 0 radical (unpaired) electrons. The van der Waals surface area contributed by atoms with Gasteiger partial charge in [0.2, 0.25) is 5.91 Å². The summed E-state index contributed by atoms with van der Waals surface area (Å²) in [5, 5.41) is 9.35. The van der Waals surface area contributed by atoms with Crippen LogP contribution in [0.5, 0.6) is 0 Å². The van der Waals surface area contributed by atoms with Crippen molar-refractivity contribution >= 4 is 11.9 Å². The molecule has 0 bridgehead atoms. The third-order valence-electron chi connectivity index (χ3n) is 5.26. The molecule has 2 rings (SSSR count). The van der Waals surface area contributed by atoms with Gasteiger partial charge in [0.15, 0.2) is 0 Å². The predicted octanol–water partition coefficient (Wildman–Crippen LogP) is 3.31. The average Bonchev–Trinajstić information content (AvgIpc) is 2.72. The Morgan fingerprint density at radius 3 is 2.38 bits per heavy atom. The number of carboxylic acids is 1. The molecule has 1 amide bonds. The minimum absolute atomic E-state index is 0.110. The summed E-state index contributed by atoms with van der Waals surface area (Å²) >= 11 is 0. The summed E-state index contributed by atoms with van der Waals surface area (Å²) < 4.78 is 0. The Morgan fingerprint density at radius 1 is 1.00 bits per heavy atom. The monoisotopic (exact) mass is 295 g/mol. The van der Waals surface area contributed by atoms with Gasteiger partial charge in [-0.2, -0.15) is 0 Å². The molecular formula is C17H29NO3. The van der Waals surface area contributed by atoms with E-state index in [1.54, 1.807) is 0 Å². The van der Waals surface area contributed by atoms with Gasteiger partial charge in [0.05, 0.1) is 11.8 Å². The zero-order valence-electron chi connectivity index (χ0n) is 13.2. The number of hydrogen-bond donors (Lipinski definition) is 1. The Labute approximate surface area is 127 Å². The van der Waals surface area contributed by atoms with Crippen molar-refractivity contribution in [3.8, 4) is 0 Å². The van der Waals surface area contributed by atoms with Crippen LogP contribution in [0.25, 0.3) is 0 Å². The van der Waals surface area contributed by atoms with Crippen LogP contribution in [0.4, 0.5) is 0 Å². The number of carbonyl (C=O) groups is 2. The van der Waals surface area contributed by atoms with E-state index >= 15 is 0 Å². The number of nitrogens with zero attached hydrogens (tertiary/aromatic N) is 1. The lowest BCUT2D eigenvalue weighted by atomic mass is 9.78. The smallest absolute Gasteiger partial charge is 0.307 e. The van der Waals surface area contributed by atoms with Crippen LogP contribution < -0.4 is 0 Å². The lowest BCUT2D eigenvalue weighted by Crippen LogP contribution is -2.43. The molecule has 2 aliphatic rings. The summed E-state index contributed by atoms with van der Waals surface area (Å²) in [5.74, 6) is -0.666. The van der Waals surface area contributed by atoms with Gasteiger partial charge >= 0.3 is 5.97 Å². The second kappa shape index (κ2) is 7.81. The average molecular weight is 295 g/mol. The Balaban J connectivity index is 1.96. The Morgan fingerprint density at radius 2 is 1.71 bits per heavy atom. The standard InChI is InChI=1S/C17H29NO3/c1-2-6-13-7-5-11-18(12-10-13)16(19)14-8-3-4-9-15(14)17(20)21/h13-15H,2-12H2,1H3,(H,20,21). The van der Waals surface area contributed by atoms with Crippen LogP contribution in [-0.2, 0) is 9.59 Å². The highest BCUT2D eigenvalue weighted by Crippen LogP contribution is 2.33. The topological polar surface area (TPSA) is 57.6 Å². The fraction of sp³-hybridized carbons (Fsp3) is 0.882. The molecule has 1 heterocycles. The second-order valence-corrected chi connectivity index (χ2v) is 6.75. The molecule has 21 heavy (non-hydrogen) atoms. The molecule has 1 aliphatic carbocycles. The van der Waals surface area contributed by atoms with Crippen LogP contribution in [0.2, 0.25) is 0 Å². The SMILES string of the molecule is CCCC1CCCN(C(=O)C2CCCCC2C(=O)O)CC1. The zero-order valence-corrected chi connectivity index (χ0v) is 13.2. The summed E-state index contributed by atoms with van der Waals surface area (Å²) in [6, 6.07) is 0. The Kier molecular flexibility index (Phi) is 6.07. The number of hydrogen-bond acceptors (Lipinski definition) is 2. The van der Waals surface area contributed by atoms with Gasteiger partial charge in [0, 0.05) is 13.1 Å². The van der Waals surface area contributed by atoms with E-state index in [1.165, 1.54) is 19.3 Å². The summed E-state index contributed by atoms with van der Waals surface area (Å²) in [7, 11) is 0. The van der Waals surface area contributed by atoms with Crippen LogP contribution in [0, 0.1) is 17.8 Å². The highest BCUT2D eigenvalue weighted by Gasteiger charge is 2.38. The van der Waals surface area contributed by atoms with E-state index < -0.39 is 11.9 Å². The van der Waals surface area contributed by atoms with Crippen molar-refractivity contribution in [3.63, 3.8) is 0 Å². The fourth-order valence-electron chi connectivity index (χ4n) is 4.04. The van der Waals surface area contributed by atoms with E-state index in [1.807, 2.05) is 4.90 Å². The van der Waals surface area contributed by atoms with Gasteiger partial charge in [0.25, 0.3) is 0 Å². The quantitative estimate of drug-likeness (QED) is 0.865. The summed E-state index contributed by atoms with van der Waals surface area (Å²) in [4.78, 5) is 26.1. The highest BCUT2D eigenvalue weighted by atomic mass is 16.4. The van der Waals surface area contributed by atoms with E-state index in [9.17, 15) is 14.7 Å². The molecule has 2 fully saturated rings. The van der Waals surface area contributed by atoms with Crippen LogP contribution in [0.3, 0.4) is 0 Å². The number of carboxylic acid groups (broad SMARTS) is 1. The molecule has 1 N–H and O–H groups in total. The van der Waals surface area contributed by atoms with Crippen molar-refractivity contribution in [2.45, 2.75) is 64.7 Å². The maximum Gasteiger partial charge on any atom is 0.307 e. The van der Waals surface area contributed by atoms with Gasteiger partial charge in [0.1, 0.15) is 0 Å². The highest BCUT2D eigenvalue weighted by molar-refractivity contribution is 5.85. The number of rotatable bonds is 4. The molecule has 0 aromatic carbocycles. The first-order valence-corrected chi connectivity index (χ1v) is 8.65. The van der Waals surface area contributed by atoms with E-state index in [0.717, 1.165) is 51.1 Å². The van der Waals surface area contributed by atoms with Gasteiger partial charge in [-0.15, -0.1) is 0 Å². The number of aliphatic carboxylic acids is 1. The van der Waals surface area contributed by atoms with Crippen LogP contribution >= 0.6 is 0 Å². The van der Waals surface area contributed by atoms with Gasteiger partial charge in [-0.1, -0.05) is 32.6 Å². The third-order valence-corrected chi connectivity index (χ3v) is 5.26. The lowest BCUT2D eigenvalue weighted by molar-refractivity contribution is -0.152. The van der Waals surface area contributed by atoms with Crippen molar-refractivity contribution < 1.29 is 14.7 Å².